The normalized spacial score (nSPS) is 14.9. The minimum Gasteiger partial charge on any atom is -0.479 e. The molecule has 296 valence electrons. The Morgan fingerprint density at radius 3 is 1.34 bits per heavy atom. The molecule has 0 bridgehead atoms. The summed E-state index contributed by atoms with van der Waals surface area (Å²) in [7, 11) is 0. The van der Waals surface area contributed by atoms with Crippen molar-refractivity contribution in [3.05, 3.63) is 108 Å². The highest BCUT2D eigenvalue weighted by Gasteiger charge is 2.17. The van der Waals surface area contributed by atoms with Crippen LogP contribution in [0.5, 0.6) is 11.5 Å². The number of piperazine rings is 2. The van der Waals surface area contributed by atoms with Gasteiger partial charge in [0.1, 0.15) is 11.5 Å². The molecule has 2 amide bonds. The molecule has 2 atom stereocenters. The second-order valence-corrected chi connectivity index (χ2v) is 13.1. The van der Waals surface area contributed by atoms with E-state index in [-0.39, 0.29) is 11.8 Å². The fraction of sp³-hybridized carbons (Fsp3) is 0.333. The van der Waals surface area contributed by atoms with Gasteiger partial charge in [0.05, 0.1) is 6.61 Å². The number of carboxylic acids is 1. The number of carboxylic acid groups (broad SMARTS) is 1. The van der Waals surface area contributed by atoms with E-state index in [4.69, 9.17) is 19.3 Å². The fourth-order valence-electron chi connectivity index (χ4n) is 5.90. The highest BCUT2D eigenvalue weighted by atomic mass is 16.6. The van der Waals surface area contributed by atoms with Crippen molar-refractivity contribution >= 4 is 46.5 Å². The van der Waals surface area contributed by atoms with Crippen LogP contribution in [-0.2, 0) is 14.3 Å². The number of carbonyl (C=O) groups is 4. The van der Waals surface area contributed by atoms with Gasteiger partial charge in [-0.2, -0.15) is 0 Å². The predicted molar refractivity (Wildman–Crippen MR) is 216 cm³/mol. The lowest BCUT2D eigenvalue weighted by atomic mass is 10.1. The molecule has 2 aliphatic heterocycles. The van der Waals surface area contributed by atoms with Crippen molar-refractivity contribution in [3.63, 3.8) is 0 Å². The summed E-state index contributed by atoms with van der Waals surface area (Å²) in [5.74, 6) is -0.849. The Hall–Kier alpha value is -6.12. The zero-order valence-electron chi connectivity index (χ0n) is 32.0. The average molecular weight is 767 g/mol. The summed E-state index contributed by atoms with van der Waals surface area (Å²) in [5, 5.41) is 21.2. The van der Waals surface area contributed by atoms with Gasteiger partial charge in [0, 0.05) is 86.2 Å². The molecular weight excluding hydrogens is 716 g/mol. The summed E-state index contributed by atoms with van der Waals surface area (Å²) in [5.41, 5.74) is 4.68. The smallest absolute Gasteiger partial charge is 0.347 e. The van der Waals surface area contributed by atoms with E-state index < -0.39 is 24.1 Å². The van der Waals surface area contributed by atoms with Crippen LogP contribution in [0.3, 0.4) is 0 Å². The number of nitrogens with zero attached hydrogens (tertiary/aromatic N) is 2. The van der Waals surface area contributed by atoms with Gasteiger partial charge < -0.3 is 50.4 Å². The summed E-state index contributed by atoms with van der Waals surface area (Å²) in [6, 6.07) is 28.7. The van der Waals surface area contributed by atoms with Gasteiger partial charge in [0.2, 0.25) is 0 Å². The van der Waals surface area contributed by atoms with Crippen LogP contribution in [0.25, 0.3) is 0 Å². The molecule has 2 saturated heterocycles. The molecular formula is C42H50N6O8. The minimum absolute atomic E-state index is 0.176. The van der Waals surface area contributed by atoms with Crippen LogP contribution in [0, 0.1) is 0 Å². The quantitative estimate of drug-likeness (QED) is 0.117. The Labute approximate surface area is 327 Å². The molecule has 2 fully saturated rings. The number of hydrogen-bond donors (Lipinski definition) is 5. The molecule has 0 spiro atoms. The number of anilines is 4. The minimum atomic E-state index is -1.03. The van der Waals surface area contributed by atoms with E-state index in [1.165, 1.54) is 6.92 Å². The first-order chi connectivity index (χ1) is 27.1. The third-order valence-corrected chi connectivity index (χ3v) is 9.04. The third-order valence-electron chi connectivity index (χ3n) is 9.04. The number of ether oxygens (including phenoxy) is 3. The fourth-order valence-corrected chi connectivity index (χ4v) is 5.90. The van der Waals surface area contributed by atoms with Gasteiger partial charge in [-0.15, -0.1) is 0 Å². The molecule has 56 heavy (non-hydrogen) atoms. The number of esters is 1. The predicted octanol–water partition coefficient (Wildman–Crippen LogP) is 4.88. The number of benzene rings is 4. The molecule has 4 aromatic rings. The van der Waals surface area contributed by atoms with E-state index >= 15 is 0 Å². The van der Waals surface area contributed by atoms with E-state index in [0.717, 1.165) is 63.7 Å². The zero-order valence-corrected chi connectivity index (χ0v) is 32.0. The van der Waals surface area contributed by atoms with Crippen LogP contribution < -0.4 is 40.5 Å². The molecule has 4 aromatic carbocycles. The monoisotopic (exact) mass is 766 g/mol. The van der Waals surface area contributed by atoms with E-state index in [9.17, 15) is 19.2 Å². The lowest BCUT2D eigenvalue weighted by molar-refractivity contribution is -0.150. The van der Waals surface area contributed by atoms with Crippen LogP contribution in [0.15, 0.2) is 97.1 Å². The van der Waals surface area contributed by atoms with Crippen molar-refractivity contribution in [2.45, 2.75) is 33.0 Å². The maximum Gasteiger partial charge on any atom is 0.347 e. The summed E-state index contributed by atoms with van der Waals surface area (Å²) in [6.07, 6.45) is -1.62. The van der Waals surface area contributed by atoms with Crippen LogP contribution in [0.4, 0.5) is 22.7 Å². The number of amides is 2. The van der Waals surface area contributed by atoms with Gasteiger partial charge >= 0.3 is 11.9 Å². The highest BCUT2D eigenvalue weighted by Crippen LogP contribution is 2.22. The van der Waals surface area contributed by atoms with Crippen LogP contribution >= 0.6 is 0 Å². The highest BCUT2D eigenvalue weighted by molar-refractivity contribution is 6.05. The largest absolute Gasteiger partial charge is 0.479 e. The number of aliphatic carboxylic acids is 1. The Bertz CT molecular complexity index is 1880. The van der Waals surface area contributed by atoms with Crippen LogP contribution in [0.2, 0.25) is 0 Å². The molecule has 2 unspecified atom stereocenters. The van der Waals surface area contributed by atoms with E-state index in [2.05, 4.69) is 31.1 Å². The van der Waals surface area contributed by atoms with Gasteiger partial charge in [-0.1, -0.05) is 0 Å². The molecule has 0 aromatic heterocycles. The van der Waals surface area contributed by atoms with Crippen LogP contribution in [0.1, 0.15) is 41.5 Å². The third kappa shape index (κ3) is 12.2. The average Bonchev–Trinajstić information content (AvgIpc) is 3.23. The molecule has 2 heterocycles. The number of hydrogen-bond acceptors (Lipinski definition) is 11. The maximum absolute atomic E-state index is 12.5. The molecule has 14 heteroatoms. The van der Waals surface area contributed by atoms with E-state index in [0.29, 0.717) is 40.6 Å². The van der Waals surface area contributed by atoms with Gasteiger partial charge in [0.25, 0.3) is 11.8 Å². The van der Waals surface area contributed by atoms with Gasteiger partial charge in [-0.25, -0.2) is 9.59 Å². The molecule has 14 nitrogen and oxygen atoms in total. The first-order valence-corrected chi connectivity index (χ1v) is 18.8. The van der Waals surface area contributed by atoms with E-state index in [1.54, 1.807) is 62.4 Å². The van der Waals surface area contributed by atoms with Gasteiger partial charge in [-0.05, 0) is 118 Å². The molecule has 2 aliphatic rings. The summed E-state index contributed by atoms with van der Waals surface area (Å²) >= 11 is 0. The first-order valence-electron chi connectivity index (χ1n) is 18.8. The standard InChI is InChI=1S/C22H27N3O4.C20H23N3O4/c1-3-28-22(27)16(2)29-20-10-6-18(7-11-20)24-21(26)17-4-8-19(9-5-17)25-14-12-23-13-15-25;1-14(20(25)26)27-18-8-4-16(5-9-18)22-19(24)15-2-6-17(7-3-15)23-12-10-21-11-13-23/h4-11,16,23H,3,12-15H2,1-2H3,(H,24,26);2-9,14,21H,10-13H2,1H3,(H,22,24)(H,25,26). The number of rotatable bonds is 13. The summed E-state index contributed by atoms with van der Waals surface area (Å²) in [4.78, 5) is 51.9. The Morgan fingerprint density at radius 1 is 0.607 bits per heavy atom. The van der Waals surface area contributed by atoms with Gasteiger partial charge in [0.15, 0.2) is 12.2 Å². The molecule has 0 aliphatic carbocycles. The topological polar surface area (TPSA) is 171 Å². The maximum atomic E-state index is 12.5. The Balaban J connectivity index is 0.000000215. The Kier molecular flexibility index (Phi) is 15.0. The van der Waals surface area contributed by atoms with Crippen LogP contribution in [-0.4, -0.2) is 100 Å². The van der Waals surface area contributed by atoms with Crippen molar-refractivity contribution in [3.8, 4) is 11.5 Å². The molecule has 0 saturated carbocycles. The summed E-state index contributed by atoms with van der Waals surface area (Å²) < 4.78 is 15.7. The van der Waals surface area contributed by atoms with Crippen molar-refractivity contribution in [1.82, 2.24) is 10.6 Å². The number of carbonyl (C=O) groups excluding carboxylic acids is 3. The van der Waals surface area contributed by atoms with E-state index in [1.807, 2.05) is 48.5 Å². The second kappa shape index (κ2) is 20.5. The van der Waals surface area contributed by atoms with Crippen molar-refractivity contribution in [1.29, 1.82) is 0 Å². The molecule has 0 radical (unpaired) electrons. The van der Waals surface area contributed by atoms with Crippen molar-refractivity contribution < 1.29 is 38.5 Å². The summed E-state index contributed by atoms with van der Waals surface area (Å²) in [6.45, 7) is 12.9. The Morgan fingerprint density at radius 2 is 0.982 bits per heavy atom. The van der Waals surface area contributed by atoms with Gasteiger partial charge in [-0.3, -0.25) is 9.59 Å². The lowest BCUT2D eigenvalue weighted by Gasteiger charge is -2.29. The van der Waals surface area contributed by atoms with Crippen molar-refractivity contribution in [2.24, 2.45) is 0 Å². The zero-order chi connectivity index (χ0) is 39.9. The van der Waals surface area contributed by atoms with Crippen molar-refractivity contribution in [2.75, 3.05) is 79.4 Å². The second-order valence-electron chi connectivity index (χ2n) is 13.1. The first kappa shape index (κ1) is 41.1. The number of nitrogens with one attached hydrogen (secondary N) is 4. The molecule has 5 N–H and O–H groups in total. The molecule has 6 rings (SSSR count). The lowest BCUT2D eigenvalue weighted by Crippen LogP contribution is -2.43. The SMILES string of the molecule is CC(Oc1ccc(NC(=O)c2ccc(N3CCNCC3)cc2)cc1)C(=O)O.CCOC(=O)C(C)Oc1ccc(NC(=O)c2ccc(N3CCNCC3)cc2)cc1.